The Morgan fingerprint density at radius 1 is 1.54 bits per heavy atom. The van der Waals surface area contributed by atoms with E-state index in [-0.39, 0.29) is 5.41 Å². The van der Waals surface area contributed by atoms with Gasteiger partial charge in [-0.05, 0) is 25.7 Å². The number of Topliss-reactive ketones (excluding diaryl/α,β-unsaturated/α-hetero) is 1. The van der Waals surface area contributed by atoms with Crippen molar-refractivity contribution in [3.63, 3.8) is 0 Å². The van der Waals surface area contributed by atoms with Crippen molar-refractivity contribution < 1.29 is 4.79 Å². The quantitative estimate of drug-likeness (QED) is 0.554. The third-order valence-corrected chi connectivity index (χ3v) is 3.62. The van der Waals surface area contributed by atoms with E-state index in [1.165, 1.54) is 5.57 Å². The number of fused-ring (bicyclic) bond motifs is 1. The van der Waals surface area contributed by atoms with Crippen LogP contribution in [0.15, 0.2) is 23.8 Å². The van der Waals surface area contributed by atoms with Crippen molar-refractivity contribution in [1.29, 1.82) is 0 Å². The van der Waals surface area contributed by atoms with E-state index >= 15 is 0 Å². The summed E-state index contributed by atoms with van der Waals surface area (Å²) < 4.78 is 0. The summed E-state index contributed by atoms with van der Waals surface area (Å²) in [6.07, 6.45) is 7.00. The molecular weight excluding hydrogens is 160 g/mol. The second-order valence-corrected chi connectivity index (χ2v) is 4.63. The van der Waals surface area contributed by atoms with Crippen LogP contribution in [0.3, 0.4) is 0 Å². The first-order chi connectivity index (χ1) is 6.05. The van der Waals surface area contributed by atoms with E-state index in [1.807, 2.05) is 6.08 Å². The molecule has 0 aromatic rings. The number of carbonyl (C=O) groups is 1. The highest BCUT2D eigenvalue weighted by atomic mass is 16.1. The molecule has 0 heterocycles. The number of hydrogen-bond acceptors (Lipinski definition) is 1. The summed E-state index contributed by atoms with van der Waals surface area (Å²) in [7, 11) is 0. The molecule has 3 atom stereocenters. The topological polar surface area (TPSA) is 17.1 Å². The average molecular weight is 176 g/mol. The van der Waals surface area contributed by atoms with Gasteiger partial charge < -0.3 is 0 Å². The van der Waals surface area contributed by atoms with Gasteiger partial charge in [-0.1, -0.05) is 30.7 Å². The molecule has 2 rings (SSSR count). The molecule has 3 unspecified atom stereocenters. The van der Waals surface area contributed by atoms with Crippen LogP contribution >= 0.6 is 0 Å². The highest BCUT2D eigenvalue weighted by Crippen LogP contribution is 2.50. The molecule has 1 fully saturated rings. The number of carbonyl (C=O) groups excluding carboxylic acids is 1. The SMILES string of the molecule is CC1=CC=CC2(C)C(=O)CC(C)C12. The first kappa shape index (κ1) is 8.74. The van der Waals surface area contributed by atoms with Gasteiger partial charge in [-0.15, -0.1) is 0 Å². The zero-order chi connectivity index (χ0) is 9.64. The molecule has 2 aliphatic carbocycles. The Labute approximate surface area is 79.5 Å². The van der Waals surface area contributed by atoms with Gasteiger partial charge in [0.25, 0.3) is 0 Å². The lowest BCUT2D eigenvalue weighted by Gasteiger charge is -2.32. The Hall–Kier alpha value is -0.850. The summed E-state index contributed by atoms with van der Waals surface area (Å²) in [5.41, 5.74) is 1.17. The third kappa shape index (κ3) is 1.03. The normalized spacial score (nSPS) is 43.3. The first-order valence-electron chi connectivity index (χ1n) is 4.95. The van der Waals surface area contributed by atoms with Crippen LogP contribution in [0, 0.1) is 17.3 Å². The van der Waals surface area contributed by atoms with E-state index in [1.54, 1.807) is 0 Å². The van der Waals surface area contributed by atoms with Gasteiger partial charge in [0.05, 0.1) is 5.41 Å². The van der Waals surface area contributed by atoms with Crippen LogP contribution in [-0.4, -0.2) is 5.78 Å². The summed E-state index contributed by atoms with van der Waals surface area (Å²) in [4.78, 5) is 11.8. The molecule has 0 spiro atoms. The van der Waals surface area contributed by atoms with Crippen LogP contribution in [0.25, 0.3) is 0 Å². The van der Waals surface area contributed by atoms with Crippen LogP contribution in [0.1, 0.15) is 27.2 Å². The molecule has 13 heavy (non-hydrogen) atoms. The fourth-order valence-electron chi connectivity index (χ4n) is 3.02. The van der Waals surface area contributed by atoms with Crippen molar-refractivity contribution in [2.45, 2.75) is 27.2 Å². The highest BCUT2D eigenvalue weighted by Gasteiger charge is 2.49. The van der Waals surface area contributed by atoms with Gasteiger partial charge in [-0.2, -0.15) is 0 Å². The Bertz CT molecular complexity index is 311. The van der Waals surface area contributed by atoms with Gasteiger partial charge in [-0.25, -0.2) is 0 Å². The maximum atomic E-state index is 11.8. The monoisotopic (exact) mass is 176 g/mol. The molecule has 0 aromatic carbocycles. The summed E-state index contributed by atoms with van der Waals surface area (Å²) in [6.45, 7) is 6.41. The molecular formula is C12H16O. The van der Waals surface area contributed by atoms with Gasteiger partial charge in [-0.3, -0.25) is 4.79 Å². The van der Waals surface area contributed by atoms with Crippen molar-refractivity contribution in [1.82, 2.24) is 0 Å². The molecule has 70 valence electrons. The van der Waals surface area contributed by atoms with E-state index < -0.39 is 0 Å². The maximum Gasteiger partial charge on any atom is 0.143 e. The molecule has 0 saturated heterocycles. The summed E-state index contributed by atoms with van der Waals surface area (Å²) in [5.74, 6) is 1.37. The average Bonchev–Trinajstić information content (AvgIpc) is 2.24. The standard InChI is InChI=1S/C12H16O/c1-8-5-4-6-12(3)10(13)7-9(2)11(8)12/h4-6,9,11H,7H2,1-3H3. The molecule has 0 amide bonds. The third-order valence-electron chi connectivity index (χ3n) is 3.62. The van der Waals surface area contributed by atoms with Gasteiger partial charge in [0.1, 0.15) is 5.78 Å². The van der Waals surface area contributed by atoms with Crippen molar-refractivity contribution in [2.75, 3.05) is 0 Å². The number of hydrogen-bond donors (Lipinski definition) is 0. The Morgan fingerprint density at radius 3 is 2.85 bits per heavy atom. The lowest BCUT2D eigenvalue weighted by molar-refractivity contribution is -0.123. The summed E-state index contributed by atoms with van der Waals surface area (Å²) in [6, 6.07) is 0. The summed E-state index contributed by atoms with van der Waals surface area (Å²) >= 11 is 0. The molecule has 0 radical (unpaired) electrons. The molecule has 1 saturated carbocycles. The van der Waals surface area contributed by atoms with Crippen molar-refractivity contribution >= 4 is 5.78 Å². The van der Waals surface area contributed by atoms with Crippen molar-refractivity contribution in [3.05, 3.63) is 23.8 Å². The van der Waals surface area contributed by atoms with E-state index in [4.69, 9.17) is 0 Å². The highest BCUT2D eigenvalue weighted by molar-refractivity contribution is 5.90. The van der Waals surface area contributed by atoms with Gasteiger partial charge in [0.15, 0.2) is 0 Å². The molecule has 2 aliphatic rings. The Morgan fingerprint density at radius 2 is 2.23 bits per heavy atom. The van der Waals surface area contributed by atoms with Gasteiger partial charge in [0, 0.05) is 6.42 Å². The van der Waals surface area contributed by atoms with Crippen LogP contribution in [0.4, 0.5) is 0 Å². The molecule has 0 bridgehead atoms. The van der Waals surface area contributed by atoms with Crippen LogP contribution in [0.2, 0.25) is 0 Å². The first-order valence-corrected chi connectivity index (χ1v) is 4.95. The summed E-state index contributed by atoms with van der Waals surface area (Å²) in [5, 5.41) is 0. The Balaban J connectivity index is 2.48. The van der Waals surface area contributed by atoms with E-state index in [0.717, 1.165) is 6.42 Å². The molecule has 0 aromatic heterocycles. The molecule has 1 heteroatoms. The van der Waals surface area contributed by atoms with Crippen LogP contribution in [0.5, 0.6) is 0 Å². The van der Waals surface area contributed by atoms with Crippen molar-refractivity contribution in [2.24, 2.45) is 17.3 Å². The second kappa shape index (κ2) is 2.57. The lowest BCUT2D eigenvalue weighted by atomic mass is 9.70. The number of rotatable bonds is 0. The predicted octanol–water partition coefficient (Wildman–Crippen LogP) is 2.73. The fraction of sp³-hybridized carbons (Fsp3) is 0.583. The van der Waals surface area contributed by atoms with Crippen molar-refractivity contribution in [3.8, 4) is 0 Å². The zero-order valence-electron chi connectivity index (χ0n) is 8.50. The molecule has 0 aliphatic heterocycles. The van der Waals surface area contributed by atoms with E-state index in [0.29, 0.717) is 17.6 Å². The van der Waals surface area contributed by atoms with Gasteiger partial charge >= 0.3 is 0 Å². The minimum Gasteiger partial charge on any atom is -0.299 e. The van der Waals surface area contributed by atoms with Crippen LogP contribution in [-0.2, 0) is 4.79 Å². The Kier molecular flexibility index (Phi) is 1.73. The smallest absolute Gasteiger partial charge is 0.143 e. The molecule has 0 N–H and O–H groups in total. The minimum atomic E-state index is -0.196. The second-order valence-electron chi connectivity index (χ2n) is 4.63. The van der Waals surface area contributed by atoms with E-state index in [9.17, 15) is 4.79 Å². The molecule has 1 nitrogen and oxygen atoms in total. The van der Waals surface area contributed by atoms with E-state index in [2.05, 4.69) is 32.9 Å². The number of ketones is 1. The van der Waals surface area contributed by atoms with Gasteiger partial charge in [0.2, 0.25) is 0 Å². The fourth-order valence-corrected chi connectivity index (χ4v) is 3.02. The van der Waals surface area contributed by atoms with Crippen LogP contribution < -0.4 is 0 Å². The largest absolute Gasteiger partial charge is 0.299 e. The maximum absolute atomic E-state index is 11.8. The lowest BCUT2D eigenvalue weighted by Crippen LogP contribution is -2.30. The predicted molar refractivity (Wildman–Crippen MR) is 53.3 cm³/mol. The number of allylic oxidation sites excluding steroid dienone is 4. The minimum absolute atomic E-state index is 0.196. The zero-order valence-corrected chi connectivity index (χ0v) is 8.50.